The van der Waals surface area contributed by atoms with Crippen molar-refractivity contribution in [3.05, 3.63) is 59.1 Å². The van der Waals surface area contributed by atoms with E-state index in [-0.39, 0.29) is 0 Å². The SMILES string of the molecule is Nc1[nH+]c2ccc(Cl)cc2c(-c2ccccc2)c1C[NH+]1CCOCC1. The van der Waals surface area contributed by atoms with Gasteiger partial charge in [0.2, 0.25) is 0 Å². The highest BCUT2D eigenvalue weighted by molar-refractivity contribution is 6.31. The molecule has 1 aliphatic rings. The largest absolute Gasteiger partial charge is 0.370 e. The number of halogens is 1. The van der Waals surface area contributed by atoms with Crippen LogP contribution in [0.3, 0.4) is 0 Å². The van der Waals surface area contributed by atoms with Crippen molar-refractivity contribution in [1.29, 1.82) is 0 Å². The number of rotatable bonds is 3. The Morgan fingerprint density at radius 3 is 2.60 bits per heavy atom. The second-order valence-electron chi connectivity index (χ2n) is 6.49. The maximum atomic E-state index is 6.45. The Morgan fingerprint density at radius 2 is 1.84 bits per heavy atom. The third-order valence-electron chi connectivity index (χ3n) is 4.84. The zero-order valence-electron chi connectivity index (χ0n) is 14.0. The third kappa shape index (κ3) is 3.33. The molecule has 1 aromatic heterocycles. The number of benzene rings is 2. The van der Waals surface area contributed by atoms with E-state index in [0.717, 1.165) is 65.7 Å². The summed E-state index contributed by atoms with van der Waals surface area (Å²) < 4.78 is 5.49. The van der Waals surface area contributed by atoms with Crippen molar-refractivity contribution in [2.45, 2.75) is 6.54 Å². The fourth-order valence-electron chi connectivity index (χ4n) is 3.56. The van der Waals surface area contributed by atoms with Gasteiger partial charge in [-0.05, 0) is 23.8 Å². The zero-order chi connectivity index (χ0) is 17.2. The number of aromatic amines is 1. The third-order valence-corrected chi connectivity index (χ3v) is 5.07. The lowest BCUT2D eigenvalue weighted by atomic mass is 9.95. The minimum atomic E-state index is 0.729. The Hall–Kier alpha value is -2.14. The normalized spacial score (nSPS) is 15.6. The van der Waals surface area contributed by atoms with Crippen LogP contribution in [0.1, 0.15) is 5.56 Å². The standard InChI is InChI=1S/C20H20ClN3O/c21-15-6-7-18-16(12-15)19(14-4-2-1-3-5-14)17(20(22)23-18)13-24-8-10-25-11-9-24/h1-7,12H,8-11,13H2,(H2,22,23)/p+2. The molecule has 1 saturated heterocycles. The molecule has 0 spiro atoms. The molecule has 25 heavy (non-hydrogen) atoms. The first-order valence-corrected chi connectivity index (χ1v) is 9.00. The van der Waals surface area contributed by atoms with Crippen LogP contribution >= 0.6 is 11.6 Å². The minimum Gasteiger partial charge on any atom is -0.370 e. The van der Waals surface area contributed by atoms with E-state index in [4.69, 9.17) is 22.1 Å². The van der Waals surface area contributed by atoms with Crippen LogP contribution in [-0.2, 0) is 11.3 Å². The van der Waals surface area contributed by atoms with Crippen LogP contribution in [0.2, 0.25) is 5.02 Å². The molecule has 3 aromatic rings. The van der Waals surface area contributed by atoms with Crippen molar-refractivity contribution >= 4 is 28.3 Å². The van der Waals surface area contributed by atoms with Gasteiger partial charge in [0.15, 0.2) is 0 Å². The summed E-state index contributed by atoms with van der Waals surface area (Å²) >= 11 is 6.30. The van der Waals surface area contributed by atoms with Gasteiger partial charge in [0.1, 0.15) is 30.7 Å². The summed E-state index contributed by atoms with van der Waals surface area (Å²) in [4.78, 5) is 4.85. The average Bonchev–Trinajstić information content (AvgIpc) is 2.64. The van der Waals surface area contributed by atoms with E-state index in [0.29, 0.717) is 0 Å². The lowest BCUT2D eigenvalue weighted by molar-refractivity contribution is -0.921. The van der Waals surface area contributed by atoms with Gasteiger partial charge < -0.3 is 9.64 Å². The number of H-pyrrole nitrogens is 1. The quantitative estimate of drug-likeness (QED) is 0.754. The van der Waals surface area contributed by atoms with Gasteiger partial charge in [-0.25, -0.2) is 4.98 Å². The maximum Gasteiger partial charge on any atom is 0.280 e. The van der Waals surface area contributed by atoms with E-state index in [1.807, 2.05) is 24.3 Å². The van der Waals surface area contributed by atoms with Gasteiger partial charge in [-0.2, -0.15) is 0 Å². The average molecular weight is 356 g/mol. The molecule has 2 heterocycles. The van der Waals surface area contributed by atoms with Crippen LogP contribution in [0, 0.1) is 0 Å². The van der Waals surface area contributed by atoms with Crippen LogP contribution in [-0.4, -0.2) is 26.3 Å². The highest BCUT2D eigenvalue weighted by atomic mass is 35.5. The van der Waals surface area contributed by atoms with E-state index in [1.165, 1.54) is 10.5 Å². The van der Waals surface area contributed by atoms with Crippen molar-refractivity contribution in [3.63, 3.8) is 0 Å². The molecule has 1 fully saturated rings. The molecule has 0 amide bonds. The van der Waals surface area contributed by atoms with E-state index in [2.05, 4.69) is 29.2 Å². The zero-order valence-corrected chi connectivity index (χ0v) is 14.8. The Labute approximate surface area is 152 Å². The van der Waals surface area contributed by atoms with Gasteiger partial charge in [0, 0.05) is 16.0 Å². The number of anilines is 1. The summed E-state index contributed by atoms with van der Waals surface area (Å²) in [5.74, 6) is 0.729. The number of nitrogens with one attached hydrogen (secondary N) is 2. The molecule has 4 nitrogen and oxygen atoms in total. The minimum absolute atomic E-state index is 0.729. The number of nitrogens with two attached hydrogens (primary N) is 1. The molecule has 4 N–H and O–H groups in total. The molecule has 128 valence electrons. The summed E-state index contributed by atoms with van der Waals surface area (Å²) in [6, 6.07) is 16.3. The predicted octanol–water partition coefficient (Wildman–Crippen LogP) is 1.97. The first-order chi connectivity index (χ1) is 12.2. The number of quaternary nitrogens is 1. The fraction of sp³-hybridized carbons (Fsp3) is 0.250. The summed E-state index contributed by atoms with van der Waals surface area (Å²) in [6.07, 6.45) is 0. The summed E-state index contributed by atoms with van der Waals surface area (Å²) in [6.45, 7) is 4.49. The highest BCUT2D eigenvalue weighted by Crippen LogP contribution is 2.33. The summed E-state index contributed by atoms with van der Waals surface area (Å²) in [5.41, 5.74) is 10.9. The van der Waals surface area contributed by atoms with Crippen LogP contribution in [0.5, 0.6) is 0 Å². The fourth-order valence-corrected chi connectivity index (χ4v) is 3.73. The Balaban J connectivity index is 1.91. The van der Waals surface area contributed by atoms with E-state index in [9.17, 15) is 0 Å². The molecule has 0 unspecified atom stereocenters. The van der Waals surface area contributed by atoms with Gasteiger partial charge in [-0.15, -0.1) is 0 Å². The second kappa shape index (κ2) is 7.00. The number of aromatic nitrogens is 1. The molecule has 5 heteroatoms. The number of morpholine rings is 1. The van der Waals surface area contributed by atoms with Gasteiger partial charge >= 0.3 is 0 Å². The number of hydrogen-bond donors (Lipinski definition) is 2. The molecule has 0 saturated carbocycles. The Kier molecular flexibility index (Phi) is 4.57. The molecule has 0 atom stereocenters. The van der Waals surface area contributed by atoms with Crippen LogP contribution in [0.4, 0.5) is 5.82 Å². The summed E-state index contributed by atoms with van der Waals surface area (Å²) in [5, 5.41) is 1.84. The van der Waals surface area contributed by atoms with Gasteiger partial charge in [0.25, 0.3) is 5.82 Å². The van der Waals surface area contributed by atoms with Crippen LogP contribution < -0.4 is 15.6 Å². The first-order valence-electron chi connectivity index (χ1n) is 8.62. The monoisotopic (exact) mass is 355 g/mol. The smallest absolute Gasteiger partial charge is 0.280 e. The topological polar surface area (TPSA) is 53.8 Å². The van der Waals surface area contributed by atoms with Crippen molar-refractivity contribution in [2.24, 2.45) is 0 Å². The number of ether oxygens (including phenoxy) is 1. The number of fused-ring (bicyclic) bond motifs is 1. The van der Waals surface area contributed by atoms with Crippen LogP contribution in [0.25, 0.3) is 22.0 Å². The molecule has 0 radical (unpaired) electrons. The Bertz CT molecular complexity index is 892. The van der Waals surface area contributed by atoms with Crippen molar-refractivity contribution in [3.8, 4) is 11.1 Å². The first kappa shape index (κ1) is 16.3. The molecule has 4 rings (SSSR count). The van der Waals surface area contributed by atoms with Gasteiger partial charge in [0.05, 0.1) is 13.2 Å². The summed E-state index contributed by atoms with van der Waals surface area (Å²) in [7, 11) is 0. The van der Waals surface area contributed by atoms with Crippen molar-refractivity contribution < 1.29 is 14.6 Å². The lowest BCUT2D eigenvalue weighted by Gasteiger charge is -2.24. The Morgan fingerprint density at radius 1 is 1.08 bits per heavy atom. The van der Waals surface area contributed by atoms with Gasteiger partial charge in [-0.3, -0.25) is 5.73 Å². The van der Waals surface area contributed by atoms with E-state index < -0.39 is 0 Å². The predicted molar refractivity (Wildman–Crippen MR) is 101 cm³/mol. The highest BCUT2D eigenvalue weighted by Gasteiger charge is 2.24. The molecular formula is C20H22ClN3O+2. The molecule has 2 aromatic carbocycles. The van der Waals surface area contributed by atoms with Crippen molar-refractivity contribution in [2.75, 3.05) is 32.0 Å². The molecular weight excluding hydrogens is 334 g/mol. The van der Waals surface area contributed by atoms with Crippen molar-refractivity contribution in [1.82, 2.24) is 0 Å². The maximum absolute atomic E-state index is 6.45. The number of hydrogen-bond acceptors (Lipinski definition) is 2. The number of nitrogen functional groups attached to an aromatic ring is 1. The molecule has 0 bridgehead atoms. The molecule has 1 aliphatic heterocycles. The van der Waals surface area contributed by atoms with Gasteiger partial charge in [-0.1, -0.05) is 41.9 Å². The molecule has 0 aliphatic carbocycles. The van der Waals surface area contributed by atoms with Crippen LogP contribution in [0.15, 0.2) is 48.5 Å². The van der Waals surface area contributed by atoms with E-state index >= 15 is 0 Å². The lowest BCUT2D eigenvalue weighted by Crippen LogP contribution is -3.12. The number of pyridine rings is 1. The van der Waals surface area contributed by atoms with E-state index in [1.54, 1.807) is 0 Å². The second-order valence-corrected chi connectivity index (χ2v) is 6.92.